The maximum absolute atomic E-state index is 9.81. The SMILES string of the molecule is CC(O)C1CCCN(c2ncnc3cc(Cl)ccc23)C1. The van der Waals surface area contributed by atoms with Crippen LogP contribution in [-0.2, 0) is 0 Å². The summed E-state index contributed by atoms with van der Waals surface area (Å²) in [5.74, 6) is 1.25. The number of nitrogens with zero attached hydrogens (tertiary/aromatic N) is 3. The number of aliphatic hydroxyl groups excluding tert-OH is 1. The predicted octanol–water partition coefficient (Wildman–Crippen LogP) is 2.88. The lowest BCUT2D eigenvalue weighted by molar-refractivity contribution is 0.115. The highest BCUT2D eigenvalue weighted by Gasteiger charge is 2.25. The molecule has 2 aromatic rings. The van der Waals surface area contributed by atoms with Crippen molar-refractivity contribution in [3.63, 3.8) is 0 Å². The van der Waals surface area contributed by atoms with Crippen molar-refractivity contribution in [3.8, 4) is 0 Å². The Kier molecular flexibility index (Phi) is 3.76. The fourth-order valence-electron chi connectivity index (χ4n) is 2.86. The summed E-state index contributed by atoms with van der Waals surface area (Å²) in [5.41, 5.74) is 0.863. The summed E-state index contributed by atoms with van der Waals surface area (Å²) >= 11 is 6.01. The molecule has 0 bridgehead atoms. The Morgan fingerprint density at radius 3 is 3.05 bits per heavy atom. The van der Waals surface area contributed by atoms with E-state index in [1.54, 1.807) is 6.33 Å². The van der Waals surface area contributed by atoms with Gasteiger partial charge in [0.2, 0.25) is 0 Å². The lowest BCUT2D eigenvalue weighted by Crippen LogP contribution is -2.40. The first-order valence-electron chi connectivity index (χ1n) is 6.98. The fraction of sp³-hybridized carbons (Fsp3) is 0.467. The van der Waals surface area contributed by atoms with Crippen molar-refractivity contribution in [3.05, 3.63) is 29.5 Å². The average molecular weight is 292 g/mol. The standard InChI is InChI=1S/C15H18ClN3O/c1-10(20)11-3-2-6-19(8-11)15-13-5-4-12(16)7-14(13)17-9-18-15/h4-5,7,9-11,20H,2-3,6,8H2,1H3. The summed E-state index contributed by atoms with van der Waals surface area (Å²) in [4.78, 5) is 11.0. The van der Waals surface area contributed by atoms with Crippen LogP contribution in [0.5, 0.6) is 0 Å². The van der Waals surface area contributed by atoms with Gasteiger partial charge >= 0.3 is 0 Å². The normalized spacial score (nSPS) is 21.1. The van der Waals surface area contributed by atoms with Crippen LogP contribution in [-0.4, -0.2) is 34.3 Å². The summed E-state index contributed by atoms with van der Waals surface area (Å²) in [6, 6.07) is 5.70. The van der Waals surface area contributed by atoms with Gasteiger partial charge < -0.3 is 10.0 Å². The van der Waals surface area contributed by atoms with Crippen LogP contribution in [0.3, 0.4) is 0 Å². The number of aromatic nitrogens is 2. The minimum absolute atomic E-state index is 0.277. The van der Waals surface area contributed by atoms with Gasteiger partial charge in [0.1, 0.15) is 12.1 Å². The van der Waals surface area contributed by atoms with E-state index in [2.05, 4.69) is 14.9 Å². The lowest BCUT2D eigenvalue weighted by Gasteiger charge is -2.35. The van der Waals surface area contributed by atoms with E-state index in [0.29, 0.717) is 10.9 Å². The highest BCUT2D eigenvalue weighted by Crippen LogP contribution is 2.29. The molecular weight excluding hydrogens is 274 g/mol. The minimum Gasteiger partial charge on any atom is -0.393 e. The highest BCUT2D eigenvalue weighted by molar-refractivity contribution is 6.31. The van der Waals surface area contributed by atoms with Crippen LogP contribution in [0.15, 0.2) is 24.5 Å². The van der Waals surface area contributed by atoms with Gasteiger partial charge in [-0.05, 0) is 38.0 Å². The molecule has 0 amide bonds. The number of hydrogen-bond acceptors (Lipinski definition) is 4. The first-order valence-corrected chi connectivity index (χ1v) is 7.36. The van der Waals surface area contributed by atoms with Crippen LogP contribution in [0, 0.1) is 5.92 Å². The molecule has 106 valence electrons. The summed E-state index contributed by atoms with van der Waals surface area (Å²) in [6.07, 6.45) is 3.46. The molecule has 1 aromatic heterocycles. The van der Waals surface area contributed by atoms with Crippen LogP contribution in [0.1, 0.15) is 19.8 Å². The molecule has 2 unspecified atom stereocenters. The number of halogens is 1. The number of hydrogen-bond donors (Lipinski definition) is 1. The van der Waals surface area contributed by atoms with E-state index in [9.17, 15) is 5.11 Å². The second-order valence-corrected chi connectivity index (χ2v) is 5.88. The van der Waals surface area contributed by atoms with Gasteiger partial charge in [0.05, 0.1) is 11.6 Å². The topological polar surface area (TPSA) is 49.2 Å². The smallest absolute Gasteiger partial charge is 0.139 e. The first-order chi connectivity index (χ1) is 9.65. The van der Waals surface area contributed by atoms with Gasteiger partial charge in [0.25, 0.3) is 0 Å². The van der Waals surface area contributed by atoms with Gasteiger partial charge in [0, 0.05) is 29.4 Å². The molecule has 4 nitrogen and oxygen atoms in total. The number of piperidine rings is 1. The third kappa shape index (κ3) is 2.58. The Hall–Kier alpha value is -1.39. The Morgan fingerprint density at radius 2 is 2.25 bits per heavy atom. The predicted molar refractivity (Wildman–Crippen MR) is 81.2 cm³/mol. The number of rotatable bonds is 2. The van der Waals surface area contributed by atoms with E-state index in [1.807, 2.05) is 25.1 Å². The quantitative estimate of drug-likeness (QED) is 0.924. The van der Waals surface area contributed by atoms with Gasteiger partial charge in [-0.1, -0.05) is 11.6 Å². The average Bonchev–Trinajstić information content (AvgIpc) is 2.46. The molecule has 0 radical (unpaired) electrons. The van der Waals surface area contributed by atoms with E-state index in [-0.39, 0.29) is 6.10 Å². The first kappa shape index (κ1) is 13.6. The van der Waals surface area contributed by atoms with Crippen LogP contribution < -0.4 is 4.90 Å². The Bertz CT molecular complexity index is 617. The Balaban J connectivity index is 1.97. The number of benzene rings is 1. The van der Waals surface area contributed by atoms with Gasteiger partial charge in [-0.15, -0.1) is 0 Å². The molecule has 20 heavy (non-hydrogen) atoms. The monoisotopic (exact) mass is 291 g/mol. The molecule has 5 heteroatoms. The van der Waals surface area contributed by atoms with Crippen LogP contribution in [0.25, 0.3) is 10.9 Å². The van der Waals surface area contributed by atoms with Crippen molar-refractivity contribution < 1.29 is 5.11 Å². The van der Waals surface area contributed by atoms with Gasteiger partial charge in [-0.3, -0.25) is 0 Å². The summed E-state index contributed by atoms with van der Waals surface area (Å²) in [7, 11) is 0. The second-order valence-electron chi connectivity index (χ2n) is 5.45. The molecular formula is C15H18ClN3O. The summed E-state index contributed by atoms with van der Waals surface area (Å²) in [5, 5.41) is 11.5. The zero-order valence-corrected chi connectivity index (χ0v) is 12.2. The zero-order chi connectivity index (χ0) is 14.1. The van der Waals surface area contributed by atoms with E-state index < -0.39 is 0 Å². The number of aliphatic hydroxyl groups is 1. The van der Waals surface area contributed by atoms with E-state index in [0.717, 1.165) is 42.7 Å². The molecule has 0 aliphatic carbocycles. The second kappa shape index (κ2) is 5.54. The molecule has 0 spiro atoms. The van der Waals surface area contributed by atoms with Gasteiger partial charge in [0.15, 0.2) is 0 Å². The van der Waals surface area contributed by atoms with Crippen molar-refractivity contribution in [2.75, 3.05) is 18.0 Å². The van der Waals surface area contributed by atoms with Crippen LogP contribution in [0.2, 0.25) is 5.02 Å². The molecule has 2 atom stereocenters. The lowest BCUT2D eigenvalue weighted by atomic mass is 9.93. The van der Waals surface area contributed by atoms with Crippen molar-refractivity contribution in [2.45, 2.75) is 25.9 Å². The molecule has 2 heterocycles. The molecule has 1 saturated heterocycles. The maximum Gasteiger partial charge on any atom is 0.139 e. The van der Waals surface area contributed by atoms with E-state index >= 15 is 0 Å². The molecule has 1 fully saturated rings. The highest BCUT2D eigenvalue weighted by atomic mass is 35.5. The number of anilines is 1. The fourth-order valence-corrected chi connectivity index (χ4v) is 3.03. The largest absolute Gasteiger partial charge is 0.393 e. The molecule has 1 aromatic carbocycles. The van der Waals surface area contributed by atoms with Crippen molar-refractivity contribution in [1.82, 2.24) is 9.97 Å². The Labute approximate surface area is 123 Å². The third-order valence-electron chi connectivity index (χ3n) is 4.02. The minimum atomic E-state index is -0.277. The van der Waals surface area contributed by atoms with Crippen LogP contribution in [0.4, 0.5) is 5.82 Å². The third-order valence-corrected chi connectivity index (χ3v) is 4.25. The van der Waals surface area contributed by atoms with Crippen molar-refractivity contribution in [1.29, 1.82) is 0 Å². The van der Waals surface area contributed by atoms with Crippen LogP contribution >= 0.6 is 11.6 Å². The van der Waals surface area contributed by atoms with Gasteiger partial charge in [-0.25, -0.2) is 9.97 Å². The maximum atomic E-state index is 9.81. The molecule has 3 rings (SSSR count). The van der Waals surface area contributed by atoms with Gasteiger partial charge in [-0.2, -0.15) is 0 Å². The number of fused-ring (bicyclic) bond motifs is 1. The molecule has 1 aliphatic rings. The molecule has 1 aliphatic heterocycles. The Morgan fingerprint density at radius 1 is 1.40 bits per heavy atom. The molecule has 1 N–H and O–H groups in total. The summed E-state index contributed by atoms with van der Waals surface area (Å²) in [6.45, 7) is 3.68. The zero-order valence-electron chi connectivity index (χ0n) is 11.5. The van der Waals surface area contributed by atoms with E-state index in [4.69, 9.17) is 11.6 Å². The van der Waals surface area contributed by atoms with E-state index in [1.165, 1.54) is 0 Å². The van der Waals surface area contributed by atoms with Crippen molar-refractivity contribution >= 4 is 28.3 Å². The summed E-state index contributed by atoms with van der Waals surface area (Å²) < 4.78 is 0. The van der Waals surface area contributed by atoms with Crippen molar-refractivity contribution in [2.24, 2.45) is 5.92 Å². The molecule has 0 saturated carbocycles.